The van der Waals surface area contributed by atoms with E-state index in [1.54, 1.807) is 17.1 Å². The molecule has 0 saturated heterocycles. The molecule has 90 valence electrons. The fourth-order valence-electron chi connectivity index (χ4n) is 1.80. The van der Waals surface area contributed by atoms with E-state index < -0.39 is 0 Å². The van der Waals surface area contributed by atoms with Crippen molar-refractivity contribution in [1.82, 2.24) is 20.0 Å². The van der Waals surface area contributed by atoms with E-state index in [2.05, 4.69) is 31.2 Å². The van der Waals surface area contributed by atoms with E-state index in [9.17, 15) is 0 Å². The maximum Gasteiger partial charge on any atom is 0.126 e. The molecule has 0 fully saturated rings. The molecule has 18 heavy (non-hydrogen) atoms. The zero-order valence-electron chi connectivity index (χ0n) is 9.34. The Bertz CT molecular complexity index is 672. The molecule has 0 atom stereocenters. The van der Waals surface area contributed by atoms with Crippen LogP contribution in [0.3, 0.4) is 0 Å². The fraction of sp³-hybridized carbons (Fsp3) is 0. The molecule has 0 amide bonds. The predicted octanol–water partition coefficient (Wildman–Crippen LogP) is 2.61. The number of rotatable bonds is 2. The van der Waals surface area contributed by atoms with E-state index in [1.807, 2.05) is 30.5 Å². The maximum atomic E-state index is 5.80. The summed E-state index contributed by atoms with van der Waals surface area (Å²) in [6.45, 7) is 0. The highest BCUT2D eigenvalue weighted by Gasteiger charge is 2.08. The molecule has 1 aromatic carbocycles. The minimum absolute atomic E-state index is 0.564. The smallest absolute Gasteiger partial charge is 0.126 e. The van der Waals surface area contributed by atoms with E-state index in [4.69, 9.17) is 5.73 Å². The molecule has 0 radical (unpaired) electrons. The Balaban J connectivity index is 2.07. The monoisotopic (exact) mass is 303 g/mol. The van der Waals surface area contributed by atoms with Crippen LogP contribution in [0.25, 0.3) is 16.8 Å². The summed E-state index contributed by atoms with van der Waals surface area (Å²) in [6.07, 6.45) is 5.35. The molecule has 3 N–H and O–H groups in total. The van der Waals surface area contributed by atoms with Crippen molar-refractivity contribution in [1.29, 1.82) is 0 Å². The van der Waals surface area contributed by atoms with Gasteiger partial charge in [-0.25, -0.2) is 4.68 Å². The number of benzene rings is 1. The quantitative estimate of drug-likeness (QED) is 0.764. The first-order chi connectivity index (χ1) is 8.75. The molecule has 0 spiro atoms. The van der Waals surface area contributed by atoms with Gasteiger partial charge in [-0.05, 0) is 39.7 Å². The summed E-state index contributed by atoms with van der Waals surface area (Å²) in [6, 6.07) is 7.86. The van der Waals surface area contributed by atoms with Crippen molar-refractivity contribution in [3.63, 3.8) is 0 Å². The van der Waals surface area contributed by atoms with Crippen molar-refractivity contribution < 1.29 is 0 Å². The number of aromatic nitrogens is 4. The lowest BCUT2D eigenvalue weighted by Crippen LogP contribution is -1.95. The van der Waals surface area contributed by atoms with Crippen LogP contribution in [-0.2, 0) is 0 Å². The average molecular weight is 304 g/mol. The number of aromatic amines is 1. The summed E-state index contributed by atoms with van der Waals surface area (Å²) in [5.74, 6) is 0.564. The molecule has 2 heterocycles. The number of anilines is 1. The lowest BCUT2D eigenvalue weighted by molar-refractivity contribution is 0.876. The molecule has 5 nitrogen and oxygen atoms in total. The minimum Gasteiger partial charge on any atom is -0.384 e. The van der Waals surface area contributed by atoms with Crippen LogP contribution in [0.5, 0.6) is 0 Å². The first-order valence-corrected chi connectivity index (χ1v) is 6.14. The molecule has 3 rings (SSSR count). The summed E-state index contributed by atoms with van der Waals surface area (Å²) < 4.78 is 2.75. The first-order valence-electron chi connectivity index (χ1n) is 5.34. The highest BCUT2D eigenvalue weighted by molar-refractivity contribution is 9.10. The van der Waals surface area contributed by atoms with Gasteiger partial charge in [-0.2, -0.15) is 10.2 Å². The van der Waals surface area contributed by atoms with E-state index >= 15 is 0 Å². The van der Waals surface area contributed by atoms with Gasteiger partial charge in [-0.15, -0.1) is 0 Å². The number of H-pyrrole nitrogens is 1. The third-order valence-corrected chi connectivity index (χ3v) is 3.31. The van der Waals surface area contributed by atoms with E-state index in [0.29, 0.717) is 5.82 Å². The Hall–Kier alpha value is -2.08. The van der Waals surface area contributed by atoms with Gasteiger partial charge in [-0.1, -0.05) is 6.07 Å². The molecule has 6 heteroatoms. The molecule has 0 unspecified atom stereocenters. The van der Waals surface area contributed by atoms with E-state index in [0.717, 1.165) is 21.3 Å². The number of nitrogen functional groups attached to an aromatic ring is 1. The molecule has 0 aliphatic carbocycles. The summed E-state index contributed by atoms with van der Waals surface area (Å²) in [4.78, 5) is 0. The van der Waals surface area contributed by atoms with Gasteiger partial charge in [0.2, 0.25) is 0 Å². The number of nitrogens with one attached hydrogen (secondary N) is 1. The third-order valence-electron chi connectivity index (χ3n) is 2.68. The average Bonchev–Trinajstić information content (AvgIpc) is 2.99. The molecule has 0 aliphatic heterocycles. The zero-order valence-corrected chi connectivity index (χ0v) is 10.9. The van der Waals surface area contributed by atoms with Gasteiger partial charge < -0.3 is 5.73 Å². The summed E-state index contributed by atoms with van der Waals surface area (Å²) in [7, 11) is 0. The largest absolute Gasteiger partial charge is 0.384 e. The minimum atomic E-state index is 0.564. The van der Waals surface area contributed by atoms with Crippen LogP contribution >= 0.6 is 15.9 Å². The molecular weight excluding hydrogens is 294 g/mol. The van der Waals surface area contributed by atoms with Crippen molar-refractivity contribution in [2.75, 3.05) is 5.73 Å². The Morgan fingerprint density at radius 2 is 2.22 bits per heavy atom. The van der Waals surface area contributed by atoms with Crippen LogP contribution in [0.1, 0.15) is 0 Å². The van der Waals surface area contributed by atoms with Crippen molar-refractivity contribution in [3.05, 3.63) is 47.3 Å². The first kappa shape index (κ1) is 11.0. The highest BCUT2D eigenvalue weighted by atomic mass is 79.9. The molecule has 0 aliphatic rings. The summed E-state index contributed by atoms with van der Waals surface area (Å²) in [5.41, 5.74) is 8.68. The number of nitrogens with two attached hydrogens (primary N) is 1. The van der Waals surface area contributed by atoms with Gasteiger partial charge in [0.25, 0.3) is 0 Å². The second-order valence-corrected chi connectivity index (χ2v) is 4.67. The lowest BCUT2D eigenvalue weighted by Gasteiger charge is -2.07. The molecule has 2 aromatic heterocycles. The highest BCUT2D eigenvalue weighted by Crippen LogP contribution is 2.29. The van der Waals surface area contributed by atoms with Crippen molar-refractivity contribution >= 4 is 21.7 Å². The van der Waals surface area contributed by atoms with E-state index in [1.165, 1.54) is 0 Å². The topological polar surface area (TPSA) is 72.5 Å². The SMILES string of the molecule is Nc1[nH]ncc1-c1ccc(-n2cccn2)c(Br)c1. The number of hydrogen-bond acceptors (Lipinski definition) is 3. The van der Waals surface area contributed by atoms with E-state index in [-0.39, 0.29) is 0 Å². The van der Waals surface area contributed by atoms with Crippen molar-refractivity contribution in [3.8, 4) is 16.8 Å². The zero-order chi connectivity index (χ0) is 12.5. The Labute approximate surface area is 112 Å². The van der Waals surface area contributed by atoms with Crippen LogP contribution in [0.15, 0.2) is 47.3 Å². The van der Waals surface area contributed by atoms with Crippen LogP contribution in [-0.4, -0.2) is 20.0 Å². The molecule has 3 aromatic rings. The maximum absolute atomic E-state index is 5.80. The Morgan fingerprint density at radius 1 is 1.33 bits per heavy atom. The lowest BCUT2D eigenvalue weighted by atomic mass is 10.1. The van der Waals surface area contributed by atoms with Crippen LogP contribution in [0.4, 0.5) is 5.82 Å². The van der Waals surface area contributed by atoms with Gasteiger partial charge >= 0.3 is 0 Å². The Kier molecular flexibility index (Phi) is 2.64. The number of hydrogen-bond donors (Lipinski definition) is 2. The van der Waals surface area contributed by atoms with Crippen molar-refractivity contribution in [2.24, 2.45) is 0 Å². The number of nitrogens with zero attached hydrogens (tertiary/aromatic N) is 3. The van der Waals surface area contributed by atoms with Gasteiger partial charge in [0.05, 0.1) is 11.9 Å². The van der Waals surface area contributed by atoms with Gasteiger partial charge in [0.1, 0.15) is 5.82 Å². The predicted molar refractivity (Wildman–Crippen MR) is 73.3 cm³/mol. The van der Waals surface area contributed by atoms with Crippen LogP contribution in [0, 0.1) is 0 Å². The van der Waals surface area contributed by atoms with Crippen molar-refractivity contribution in [2.45, 2.75) is 0 Å². The third kappa shape index (κ3) is 1.80. The normalized spacial score (nSPS) is 10.7. The van der Waals surface area contributed by atoms with Gasteiger partial charge in [0.15, 0.2) is 0 Å². The molecule has 0 saturated carbocycles. The van der Waals surface area contributed by atoms with Gasteiger partial charge in [0, 0.05) is 22.4 Å². The molecular formula is C12H10BrN5. The second kappa shape index (κ2) is 4.30. The molecule has 0 bridgehead atoms. The summed E-state index contributed by atoms with van der Waals surface area (Å²) in [5, 5.41) is 10.8. The standard InChI is InChI=1S/C12H10BrN5/c13-10-6-8(9-7-15-17-12(9)14)2-3-11(10)18-5-1-4-16-18/h1-7H,(H3,14,15,17). The fourth-order valence-corrected chi connectivity index (χ4v) is 2.36. The van der Waals surface area contributed by atoms with Gasteiger partial charge in [-0.3, -0.25) is 5.10 Å². The van der Waals surface area contributed by atoms with Crippen LogP contribution in [0.2, 0.25) is 0 Å². The Morgan fingerprint density at radius 3 is 2.83 bits per heavy atom. The summed E-state index contributed by atoms with van der Waals surface area (Å²) >= 11 is 3.55. The second-order valence-electron chi connectivity index (χ2n) is 3.81. The van der Waals surface area contributed by atoms with Crippen LogP contribution < -0.4 is 5.73 Å². The number of halogens is 1.